The molecule has 2 aliphatic heterocycles. The summed E-state index contributed by atoms with van der Waals surface area (Å²) < 4.78 is 16.4. The van der Waals surface area contributed by atoms with Gasteiger partial charge in [-0.3, -0.25) is 5.73 Å². The van der Waals surface area contributed by atoms with Gasteiger partial charge >= 0.3 is 0 Å². The second kappa shape index (κ2) is 8.76. The standard InChI is InChI=1S/C22H25ClN8O3/c1-32-17-10-13-16(11-18(17)33-2)26-12-27-20(13)31-21(24)28-22(25,29-31)14-4-3-5-15(23)19(14)30-6-8-34-9-7-30/h3-5,10-12,29H,6-9,25H2,1-2H3,(H2,24,28). The Morgan fingerprint density at radius 1 is 1.12 bits per heavy atom. The van der Waals surface area contributed by atoms with E-state index in [1.165, 1.54) is 6.33 Å². The highest BCUT2D eigenvalue weighted by Gasteiger charge is 2.41. The number of hydrogen-bond acceptors (Lipinski definition) is 11. The summed E-state index contributed by atoms with van der Waals surface area (Å²) in [5, 5.41) is 2.79. The van der Waals surface area contributed by atoms with Gasteiger partial charge in [0.25, 0.3) is 0 Å². The van der Waals surface area contributed by atoms with Crippen molar-refractivity contribution in [2.24, 2.45) is 16.5 Å². The lowest BCUT2D eigenvalue weighted by Gasteiger charge is -2.35. The molecule has 0 saturated carbocycles. The summed E-state index contributed by atoms with van der Waals surface area (Å²) in [7, 11) is 3.13. The van der Waals surface area contributed by atoms with E-state index in [0.29, 0.717) is 65.1 Å². The Morgan fingerprint density at radius 2 is 1.85 bits per heavy atom. The summed E-state index contributed by atoms with van der Waals surface area (Å²) >= 11 is 6.63. The maximum absolute atomic E-state index is 6.80. The average Bonchev–Trinajstić information content (AvgIpc) is 3.17. The summed E-state index contributed by atoms with van der Waals surface area (Å²) in [6.07, 6.45) is 1.44. The van der Waals surface area contributed by atoms with Crippen LogP contribution in [0.2, 0.25) is 5.02 Å². The van der Waals surface area contributed by atoms with Crippen molar-refractivity contribution in [1.82, 2.24) is 15.4 Å². The van der Waals surface area contributed by atoms with Crippen molar-refractivity contribution in [2.75, 3.05) is 50.4 Å². The molecule has 0 radical (unpaired) electrons. The summed E-state index contributed by atoms with van der Waals surface area (Å²) in [5.41, 5.74) is 18.5. The van der Waals surface area contributed by atoms with Gasteiger partial charge in [0, 0.05) is 30.1 Å². The van der Waals surface area contributed by atoms with Crippen LogP contribution in [0.1, 0.15) is 5.56 Å². The lowest BCUT2D eigenvalue weighted by atomic mass is 10.1. The number of nitrogens with one attached hydrogen (secondary N) is 1. The number of para-hydroxylation sites is 1. The van der Waals surface area contributed by atoms with Crippen LogP contribution < -0.4 is 36.3 Å². The van der Waals surface area contributed by atoms with Gasteiger partial charge < -0.3 is 24.8 Å². The number of hydrogen-bond donors (Lipinski definition) is 3. The number of ether oxygens (including phenoxy) is 3. The van der Waals surface area contributed by atoms with Gasteiger partial charge in [-0.05, 0) is 12.1 Å². The molecule has 11 nitrogen and oxygen atoms in total. The summed E-state index contributed by atoms with van der Waals surface area (Å²) in [6, 6.07) is 9.11. The molecular formula is C22H25ClN8O3. The maximum Gasteiger partial charge on any atom is 0.215 e. The molecular weight excluding hydrogens is 460 g/mol. The molecule has 3 heterocycles. The number of guanidine groups is 1. The molecule has 5 rings (SSSR count). The van der Waals surface area contributed by atoms with E-state index in [0.717, 1.165) is 5.69 Å². The predicted molar refractivity (Wildman–Crippen MR) is 130 cm³/mol. The van der Waals surface area contributed by atoms with E-state index >= 15 is 0 Å². The maximum atomic E-state index is 6.80. The first-order chi connectivity index (χ1) is 16.4. The number of nitrogens with two attached hydrogens (primary N) is 2. The highest BCUT2D eigenvalue weighted by atomic mass is 35.5. The van der Waals surface area contributed by atoms with Crippen LogP contribution in [0.4, 0.5) is 11.5 Å². The number of nitrogens with zero attached hydrogens (tertiary/aromatic N) is 5. The van der Waals surface area contributed by atoms with E-state index in [1.54, 1.807) is 31.4 Å². The molecule has 0 spiro atoms. The summed E-state index contributed by atoms with van der Waals surface area (Å²) in [4.78, 5) is 15.5. The second-order valence-electron chi connectivity index (χ2n) is 7.84. The Labute approximate surface area is 201 Å². The van der Waals surface area contributed by atoms with Crippen LogP contribution in [-0.4, -0.2) is 56.5 Å². The van der Waals surface area contributed by atoms with E-state index in [2.05, 4.69) is 25.3 Å². The molecule has 5 N–H and O–H groups in total. The van der Waals surface area contributed by atoms with Gasteiger partial charge in [-0.2, -0.15) is 5.43 Å². The van der Waals surface area contributed by atoms with Gasteiger partial charge in [-0.25, -0.2) is 20.0 Å². The first-order valence-corrected chi connectivity index (χ1v) is 11.0. The molecule has 1 aromatic heterocycles. The first-order valence-electron chi connectivity index (χ1n) is 10.7. The van der Waals surface area contributed by atoms with Crippen LogP contribution in [0.15, 0.2) is 41.7 Å². The van der Waals surface area contributed by atoms with Crippen LogP contribution >= 0.6 is 11.6 Å². The molecule has 1 unspecified atom stereocenters. The molecule has 1 fully saturated rings. The minimum Gasteiger partial charge on any atom is -0.493 e. The molecule has 34 heavy (non-hydrogen) atoms. The third-order valence-electron chi connectivity index (χ3n) is 5.86. The number of benzene rings is 2. The largest absolute Gasteiger partial charge is 0.493 e. The highest BCUT2D eigenvalue weighted by Crippen LogP contribution is 2.39. The summed E-state index contributed by atoms with van der Waals surface area (Å²) in [5.74, 6) is 0.318. The minimum atomic E-state index is -1.38. The van der Waals surface area contributed by atoms with E-state index in [4.69, 9.17) is 37.3 Å². The van der Waals surface area contributed by atoms with Crippen LogP contribution in [0.25, 0.3) is 10.9 Å². The molecule has 0 aliphatic carbocycles. The van der Waals surface area contributed by atoms with Gasteiger partial charge in [0.15, 0.2) is 17.3 Å². The number of fused-ring (bicyclic) bond motifs is 1. The van der Waals surface area contributed by atoms with Crippen LogP contribution in [0.5, 0.6) is 11.5 Å². The SMILES string of the molecule is COc1cc2ncnc(N3NC(N)(c4cccc(Cl)c4N4CCOCC4)N=C3N)c2cc1OC. The Bertz CT molecular complexity index is 1270. The zero-order valence-electron chi connectivity index (χ0n) is 18.8. The van der Waals surface area contributed by atoms with Gasteiger partial charge in [0.1, 0.15) is 6.33 Å². The summed E-state index contributed by atoms with van der Waals surface area (Å²) in [6.45, 7) is 2.58. The van der Waals surface area contributed by atoms with Crippen molar-refractivity contribution >= 4 is 40.0 Å². The van der Waals surface area contributed by atoms with Gasteiger partial charge in [0.2, 0.25) is 11.7 Å². The number of morpholine rings is 1. The highest BCUT2D eigenvalue weighted by molar-refractivity contribution is 6.33. The average molecular weight is 485 g/mol. The minimum absolute atomic E-state index is 0.144. The van der Waals surface area contributed by atoms with Crippen molar-refractivity contribution in [1.29, 1.82) is 0 Å². The van der Waals surface area contributed by atoms with E-state index in [-0.39, 0.29) is 5.96 Å². The number of halogens is 1. The van der Waals surface area contributed by atoms with Crippen LogP contribution in [-0.2, 0) is 10.5 Å². The number of anilines is 2. The van der Waals surface area contributed by atoms with Crippen LogP contribution in [0, 0.1) is 0 Å². The van der Waals surface area contributed by atoms with Crippen molar-refractivity contribution in [3.05, 3.63) is 47.2 Å². The van der Waals surface area contributed by atoms with Crippen molar-refractivity contribution in [3.8, 4) is 11.5 Å². The van der Waals surface area contributed by atoms with Crippen molar-refractivity contribution < 1.29 is 14.2 Å². The normalized spacial score (nSPS) is 20.5. The molecule has 1 saturated heterocycles. The zero-order valence-corrected chi connectivity index (χ0v) is 19.5. The third-order valence-corrected chi connectivity index (χ3v) is 6.16. The zero-order chi connectivity index (χ0) is 23.9. The van der Waals surface area contributed by atoms with Gasteiger partial charge in [-0.1, -0.05) is 23.7 Å². The fourth-order valence-electron chi connectivity index (χ4n) is 4.24. The molecule has 12 heteroatoms. The monoisotopic (exact) mass is 484 g/mol. The molecule has 2 aromatic carbocycles. The second-order valence-corrected chi connectivity index (χ2v) is 8.25. The Morgan fingerprint density at radius 3 is 2.59 bits per heavy atom. The van der Waals surface area contributed by atoms with Crippen LogP contribution in [0.3, 0.4) is 0 Å². The van der Waals surface area contributed by atoms with E-state index in [1.807, 2.05) is 18.2 Å². The molecule has 0 bridgehead atoms. The third kappa shape index (κ3) is 3.72. The molecule has 1 atom stereocenters. The molecule has 0 amide bonds. The Kier molecular flexibility index (Phi) is 5.78. The molecule has 3 aromatic rings. The van der Waals surface area contributed by atoms with Crippen molar-refractivity contribution in [3.63, 3.8) is 0 Å². The number of hydrazine groups is 1. The van der Waals surface area contributed by atoms with Gasteiger partial charge in [0.05, 0.1) is 43.7 Å². The van der Waals surface area contributed by atoms with Gasteiger partial charge in [-0.15, -0.1) is 0 Å². The fraction of sp³-hybridized carbons (Fsp3) is 0.318. The first kappa shape index (κ1) is 22.4. The lowest BCUT2D eigenvalue weighted by molar-refractivity contribution is 0.122. The molecule has 2 aliphatic rings. The number of aliphatic imine (C=N–C) groups is 1. The molecule has 178 valence electrons. The quantitative estimate of drug-likeness (QED) is 0.489. The number of rotatable bonds is 5. The Hall–Kier alpha value is -3.38. The lowest BCUT2D eigenvalue weighted by Crippen LogP contribution is -2.54. The smallest absolute Gasteiger partial charge is 0.215 e. The van der Waals surface area contributed by atoms with Crippen molar-refractivity contribution in [2.45, 2.75) is 5.79 Å². The van der Waals surface area contributed by atoms with E-state index in [9.17, 15) is 0 Å². The van der Waals surface area contributed by atoms with E-state index < -0.39 is 5.79 Å². The predicted octanol–water partition coefficient (Wildman–Crippen LogP) is 1.55. The number of methoxy groups -OCH3 is 2. The number of aromatic nitrogens is 2. The Balaban J connectivity index is 1.57. The topological polar surface area (TPSA) is 136 Å². The fourth-order valence-corrected chi connectivity index (χ4v) is 4.54.